The van der Waals surface area contributed by atoms with Gasteiger partial charge < -0.3 is 5.32 Å². The molecule has 16 heavy (non-hydrogen) atoms. The Morgan fingerprint density at radius 2 is 2.00 bits per heavy atom. The molecule has 0 saturated carbocycles. The van der Waals surface area contributed by atoms with Crippen LogP contribution >= 0.6 is 0 Å². The fourth-order valence-corrected chi connectivity index (χ4v) is 2.23. The summed E-state index contributed by atoms with van der Waals surface area (Å²) in [7, 11) is 0. The Morgan fingerprint density at radius 1 is 1.31 bits per heavy atom. The molecule has 1 aliphatic rings. The molecule has 0 aromatic rings. The standard InChI is InChI=1S/C14H28N2/c1-11(2)14(10-15-12(3)4)16-8-6-13(5)7-9-16/h6,11-12,14-15H,7-10H2,1-5H3. The van der Waals surface area contributed by atoms with Gasteiger partial charge in [0, 0.05) is 31.7 Å². The lowest BCUT2D eigenvalue weighted by Gasteiger charge is -2.36. The van der Waals surface area contributed by atoms with E-state index in [1.165, 1.54) is 13.0 Å². The Labute approximate surface area is 101 Å². The van der Waals surface area contributed by atoms with Crippen molar-refractivity contribution >= 4 is 0 Å². The molecule has 0 bridgehead atoms. The van der Waals surface area contributed by atoms with Gasteiger partial charge in [0.15, 0.2) is 0 Å². The van der Waals surface area contributed by atoms with E-state index < -0.39 is 0 Å². The van der Waals surface area contributed by atoms with Gasteiger partial charge in [0.25, 0.3) is 0 Å². The van der Waals surface area contributed by atoms with Crippen molar-refractivity contribution in [3.63, 3.8) is 0 Å². The molecule has 2 heteroatoms. The summed E-state index contributed by atoms with van der Waals surface area (Å²) in [6.07, 6.45) is 3.62. The van der Waals surface area contributed by atoms with Crippen molar-refractivity contribution in [3.8, 4) is 0 Å². The molecule has 0 saturated heterocycles. The van der Waals surface area contributed by atoms with Crippen LogP contribution in [0.3, 0.4) is 0 Å². The van der Waals surface area contributed by atoms with Gasteiger partial charge in [-0.2, -0.15) is 0 Å². The van der Waals surface area contributed by atoms with Gasteiger partial charge in [-0.3, -0.25) is 4.90 Å². The molecule has 0 fully saturated rings. The van der Waals surface area contributed by atoms with Crippen LogP contribution in [0.2, 0.25) is 0 Å². The van der Waals surface area contributed by atoms with Gasteiger partial charge >= 0.3 is 0 Å². The molecule has 0 aromatic heterocycles. The monoisotopic (exact) mass is 224 g/mol. The van der Waals surface area contributed by atoms with Crippen molar-refractivity contribution in [3.05, 3.63) is 11.6 Å². The zero-order valence-electron chi connectivity index (χ0n) is 11.6. The molecular formula is C14H28N2. The minimum absolute atomic E-state index is 0.586. The molecule has 0 spiro atoms. The lowest BCUT2D eigenvalue weighted by molar-refractivity contribution is 0.160. The van der Waals surface area contributed by atoms with Crippen LogP contribution in [0.1, 0.15) is 41.0 Å². The number of rotatable bonds is 5. The average molecular weight is 224 g/mol. The minimum Gasteiger partial charge on any atom is -0.313 e. The van der Waals surface area contributed by atoms with Crippen LogP contribution < -0.4 is 5.32 Å². The molecule has 1 aliphatic heterocycles. The van der Waals surface area contributed by atoms with E-state index in [4.69, 9.17) is 0 Å². The topological polar surface area (TPSA) is 15.3 Å². The molecule has 94 valence electrons. The third kappa shape index (κ3) is 4.26. The quantitative estimate of drug-likeness (QED) is 0.722. The smallest absolute Gasteiger partial charge is 0.0247 e. The summed E-state index contributed by atoms with van der Waals surface area (Å²) in [5.74, 6) is 0.720. The molecule has 0 amide bonds. The van der Waals surface area contributed by atoms with Crippen LogP contribution in [0.15, 0.2) is 11.6 Å². The van der Waals surface area contributed by atoms with Crippen molar-refractivity contribution < 1.29 is 0 Å². The molecule has 0 radical (unpaired) electrons. The maximum atomic E-state index is 3.57. The fourth-order valence-electron chi connectivity index (χ4n) is 2.23. The molecule has 1 atom stereocenters. The van der Waals surface area contributed by atoms with Crippen molar-refractivity contribution in [1.82, 2.24) is 10.2 Å². The molecule has 0 aliphatic carbocycles. The summed E-state index contributed by atoms with van der Waals surface area (Å²) in [6.45, 7) is 14.8. The zero-order chi connectivity index (χ0) is 12.1. The van der Waals surface area contributed by atoms with E-state index in [9.17, 15) is 0 Å². The predicted octanol–water partition coefficient (Wildman–Crippen LogP) is 2.66. The van der Waals surface area contributed by atoms with E-state index in [1.807, 2.05) is 0 Å². The van der Waals surface area contributed by atoms with Gasteiger partial charge in [-0.25, -0.2) is 0 Å². The minimum atomic E-state index is 0.586. The van der Waals surface area contributed by atoms with E-state index in [0.717, 1.165) is 19.0 Å². The highest BCUT2D eigenvalue weighted by molar-refractivity contribution is 5.05. The van der Waals surface area contributed by atoms with Crippen LogP contribution in [-0.4, -0.2) is 36.6 Å². The Balaban J connectivity index is 2.50. The molecule has 1 rings (SSSR count). The Bertz CT molecular complexity index is 231. The van der Waals surface area contributed by atoms with E-state index in [0.29, 0.717) is 12.1 Å². The molecule has 1 unspecified atom stereocenters. The largest absolute Gasteiger partial charge is 0.313 e. The van der Waals surface area contributed by atoms with Crippen LogP contribution in [0.5, 0.6) is 0 Å². The van der Waals surface area contributed by atoms with E-state index in [-0.39, 0.29) is 0 Å². The van der Waals surface area contributed by atoms with Gasteiger partial charge in [-0.15, -0.1) is 0 Å². The van der Waals surface area contributed by atoms with Crippen molar-refractivity contribution in [2.45, 2.75) is 53.1 Å². The van der Waals surface area contributed by atoms with Gasteiger partial charge in [-0.05, 0) is 19.3 Å². The first-order chi connectivity index (χ1) is 7.50. The summed E-state index contributed by atoms with van der Waals surface area (Å²) in [5, 5.41) is 3.57. The summed E-state index contributed by atoms with van der Waals surface area (Å²) in [6, 6.07) is 1.26. The normalized spacial score (nSPS) is 20.3. The van der Waals surface area contributed by atoms with Gasteiger partial charge in [0.05, 0.1) is 0 Å². The van der Waals surface area contributed by atoms with Crippen molar-refractivity contribution in [2.24, 2.45) is 5.92 Å². The van der Waals surface area contributed by atoms with Crippen LogP contribution in [0.4, 0.5) is 0 Å². The Kier molecular flexibility index (Phi) is 5.50. The SMILES string of the molecule is CC1=CCN(C(CNC(C)C)C(C)C)CC1. The highest BCUT2D eigenvalue weighted by Crippen LogP contribution is 2.17. The summed E-state index contributed by atoms with van der Waals surface area (Å²) < 4.78 is 0. The first-order valence-electron chi connectivity index (χ1n) is 6.63. The van der Waals surface area contributed by atoms with Crippen molar-refractivity contribution in [2.75, 3.05) is 19.6 Å². The van der Waals surface area contributed by atoms with E-state index in [1.54, 1.807) is 5.57 Å². The third-order valence-corrected chi connectivity index (χ3v) is 3.44. The second kappa shape index (κ2) is 6.41. The van der Waals surface area contributed by atoms with Gasteiger partial charge in [0.2, 0.25) is 0 Å². The van der Waals surface area contributed by atoms with Crippen molar-refractivity contribution in [1.29, 1.82) is 0 Å². The van der Waals surface area contributed by atoms with Gasteiger partial charge in [-0.1, -0.05) is 39.3 Å². The van der Waals surface area contributed by atoms with Crippen LogP contribution in [0.25, 0.3) is 0 Å². The summed E-state index contributed by atoms with van der Waals surface area (Å²) in [4.78, 5) is 2.62. The Hall–Kier alpha value is -0.340. The fraction of sp³-hybridized carbons (Fsp3) is 0.857. The van der Waals surface area contributed by atoms with E-state index in [2.05, 4.69) is 50.9 Å². The molecule has 1 heterocycles. The van der Waals surface area contributed by atoms with Crippen LogP contribution in [0, 0.1) is 5.92 Å². The third-order valence-electron chi connectivity index (χ3n) is 3.44. The predicted molar refractivity (Wildman–Crippen MR) is 71.7 cm³/mol. The Morgan fingerprint density at radius 3 is 2.44 bits per heavy atom. The maximum Gasteiger partial charge on any atom is 0.0247 e. The number of nitrogens with zero attached hydrogens (tertiary/aromatic N) is 1. The highest BCUT2D eigenvalue weighted by atomic mass is 15.2. The number of hydrogen-bond acceptors (Lipinski definition) is 2. The second-order valence-corrected chi connectivity index (χ2v) is 5.67. The second-order valence-electron chi connectivity index (χ2n) is 5.67. The number of hydrogen-bond donors (Lipinski definition) is 1. The first-order valence-corrected chi connectivity index (χ1v) is 6.63. The number of nitrogens with one attached hydrogen (secondary N) is 1. The van der Waals surface area contributed by atoms with Gasteiger partial charge in [0.1, 0.15) is 0 Å². The molecule has 1 N–H and O–H groups in total. The van der Waals surface area contributed by atoms with E-state index >= 15 is 0 Å². The summed E-state index contributed by atoms with van der Waals surface area (Å²) >= 11 is 0. The average Bonchev–Trinajstić information content (AvgIpc) is 2.20. The maximum absolute atomic E-state index is 3.57. The first kappa shape index (κ1) is 13.7. The lowest BCUT2D eigenvalue weighted by atomic mass is 9.99. The molecule has 0 aromatic carbocycles. The molecular weight excluding hydrogens is 196 g/mol. The summed E-state index contributed by atoms with van der Waals surface area (Å²) in [5.41, 5.74) is 1.55. The zero-order valence-corrected chi connectivity index (χ0v) is 11.6. The highest BCUT2D eigenvalue weighted by Gasteiger charge is 2.22. The van der Waals surface area contributed by atoms with Crippen LogP contribution in [-0.2, 0) is 0 Å². The molecule has 2 nitrogen and oxygen atoms in total. The lowest BCUT2D eigenvalue weighted by Crippen LogP contribution is -2.48.